The third kappa shape index (κ3) is 3.11. The lowest BCUT2D eigenvalue weighted by Crippen LogP contribution is -2.56. The highest BCUT2D eigenvalue weighted by Gasteiger charge is 2.50. The summed E-state index contributed by atoms with van der Waals surface area (Å²) in [5, 5.41) is 3.32. The number of nitrogens with one attached hydrogen (secondary N) is 1. The van der Waals surface area contributed by atoms with E-state index in [1.165, 1.54) is 5.56 Å². The first-order valence-corrected chi connectivity index (χ1v) is 8.48. The second kappa shape index (κ2) is 6.55. The highest BCUT2D eigenvalue weighted by atomic mass is 15.1. The lowest BCUT2D eigenvalue weighted by atomic mass is 9.55. The first-order chi connectivity index (χ1) is 10.8. The Bertz CT molecular complexity index is 612. The van der Waals surface area contributed by atoms with E-state index in [1.54, 1.807) is 0 Å². The van der Waals surface area contributed by atoms with Gasteiger partial charge in [-0.3, -0.25) is 0 Å². The standard InChI is InChI=1S/C20H31N3/c1-7-16-12-15(2)13-17(21)18(16)20(8-10-22-5)14-23(6)11-9-19(20,3)4/h1,12-13,22H,8-11,14,21H2,2-6H3. The van der Waals surface area contributed by atoms with Gasteiger partial charge in [0, 0.05) is 23.2 Å². The van der Waals surface area contributed by atoms with Crippen LogP contribution >= 0.6 is 0 Å². The molecule has 0 radical (unpaired) electrons. The topological polar surface area (TPSA) is 41.3 Å². The Labute approximate surface area is 141 Å². The van der Waals surface area contributed by atoms with Gasteiger partial charge in [0.1, 0.15) is 0 Å². The Morgan fingerprint density at radius 3 is 2.70 bits per heavy atom. The van der Waals surface area contributed by atoms with E-state index in [4.69, 9.17) is 12.2 Å². The third-order valence-corrected chi connectivity index (χ3v) is 5.70. The lowest BCUT2D eigenvalue weighted by molar-refractivity contribution is 0.0350. The van der Waals surface area contributed by atoms with Crippen LogP contribution in [0.25, 0.3) is 0 Å². The number of likely N-dealkylation sites (N-methyl/N-ethyl adjacent to an activating group) is 1. The Kier molecular flexibility index (Phi) is 5.08. The molecule has 1 unspecified atom stereocenters. The van der Waals surface area contributed by atoms with Gasteiger partial charge < -0.3 is 16.0 Å². The molecule has 1 aliphatic heterocycles. The number of hydrogen-bond acceptors (Lipinski definition) is 3. The van der Waals surface area contributed by atoms with Crippen molar-refractivity contribution in [3.05, 3.63) is 28.8 Å². The predicted molar refractivity (Wildman–Crippen MR) is 99.6 cm³/mol. The van der Waals surface area contributed by atoms with Crippen LogP contribution in [0.1, 0.15) is 43.4 Å². The van der Waals surface area contributed by atoms with Crippen LogP contribution in [0, 0.1) is 24.7 Å². The number of nitrogens with zero attached hydrogens (tertiary/aromatic N) is 1. The fourth-order valence-corrected chi connectivity index (χ4v) is 4.22. The zero-order valence-corrected chi connectivity index (χ0v) is 15.3. The van der Waals surface area contributed by atoms with Gasteiger partial charge in [-0.1, -0.05) is 19.8 Å². The molecule has 1 aliphatic rings. The normalized spacial score (nSPS) is 24.3. The van der Waals surface area contributed by atoms with Crippen LogP contribution in [0.3, 0.4) is 0 Å². The summed E-state index contributed by atoms with van der Waals surface area (Å²) in [5.74, 6) is 2.91. The fourth-order valence-electron chi connectivity index (χ4n) is 4.22. The van der Waals surface area contributed by atoms with Gasteiger partial charge in [-0.05, 0) is 75.6 Å². The molecule has 0 saturated carbocycles. The van der Waals surface area contributed by atoms with Crippen LogP contribution in [-0.2, 0) is 5.41 Å². The first kappa shape index (κ1) is 17.8. The number of terminal acetylenes is 1. The average molecular weight is 313 g/mol. The molecule has 3 N–H and O–H groups in total. The predicted octanol–water partition coefficient (Wildman–Crippen LogP) is 2.77. The molecule has 0 amide bonds. The molecular weight excluding hydrogens is 282 g/mol. The van der Waals surface area contributed by atoms with E-state index in [0.29, 0.717) is 0 Å². The Balaban J connectivity index is 2.71. The monoisotopic (exact) mass is 313 g/mol. The molecule has 3 nitrogen and oxygen atoms in total. The number of rotatable bonds is 4. The minimum absolute atomic E-state index is 0.0392. The molecule has 2 rings (SSSR count). The summed E-state index contributed by atoms with van der Waals surface area (Å²) in [6.07, 6.45) is 8.05. The summed E-state index contributed by atoms with van der Waals surface area (Å²) in [6, 6.07) is 4.18. The van der Waals surface area contributed by atoms with Crippen LogP contribution in [0.15, 0.2) is 12.1 Å². The van der Waals surface area contributed by atoms with Gasteiger partial charge in [-0.2, -0.15) is 0 Å². The van der Waals surface area contributed by atoms with E-state index in [9.17, 15) is 0 Å². The van der Waals surface area contributed by atoms with E-state index in [1.807, 2.05) is 7.05 Å². The van der Waals surface area contributed by atoms with Crippen LogP contribution in [0.4, 0.5) is 5.69 Å². The van der Waals surface area contributed by atoms with Crippen molar-refractivity contribution in [1.82, 2.24) is 10.2 Å². The third-order valence-electron chi connectivity index (χ3n) is 5.70. The molecule has 1 fully saturated rings. The van der Waals surface area contributed by atoms with Gasteiger partial charge in [0.2, 0.25) is 0 Å². The van der Waals surface area contributed by atoms with Crippen LogP contribution in [0.2, 0.25) is 0 Å². The van der Waals surface area contributed by atoms with Gasteiger partial charge in [0.05, 0.1) is 0 Å². The molecule has 3 heteroatoms. The maximum absolute atomic E-state index is 6.52. The van der Waals surface area contributed by atoms with E-state index < -0.39 is 0 Å². The summed E-state index contributed by atoms with van der Waals surface area (Å²) in [6.45, 7) is 9.85. The Morgan fingerprint density at radius 2 is 2.09 bits per heavy atom. The van der Waals surface area contributed by atoms with Gasteiger partial charge in [-0.15, -0.1) is 6.42 Å². The minimum Gasteiger partial charge on any atom is -0.398 e. The summed E-state index contributed by atoms with van der Waals surface area (Å²) in [4.78, 5) is 2.42. The van der Waals surface area contributed by atoms with Gasteiger partial charge in [-0.25, -0.2) is 0 Å². The molecule has 1 atom stereocenters. The van der Waals surface area contributed by atoms with Crippen molar-refractivity contribution in [3.63, 3.8) is 0 Å². The van der Waals surface area contributed by atoms with Crippen molar-refractivity contribution >= 4 is 5.69 Å². The number of hydrogen-bond donors (Lipinski definition) is 2. The highest BCUT2D eigenvalue weighted by Crippen LogP contribution is 2.52. The second-order valence-electron chi connectivity index (χ2n) is 7.73. The van der Waals surface area contributed by atoms with Gasteiger partial charge in [0.25, 0.3) is 0 Å². The molecule has 0 bridgehead atoms. The van der Waals surface area contributed by atoms with E-state index in [0.717, 1.165) is 49.3 Å². The largest absolute Gasteiger partial charge is 0.398 e. The van der Waals surface area contributed by atoms with Crippen LogP contribution < -0.4 is 11.1 Å². The van der Waals surface area contributed by atoms with Crippen molar-refractivity contribution in [2.75, 3.05) is 39.5 Å². The van der Waals surface area contributed by atoms with Crippen molar-refractivity contribution in [2.45, 2.75) is 39.0 Å². The van der Waals surface area contributed by atoms with E-state index in [2.05, 4.69) is 56.1 Å². The molecule has 0 spiro atoms. The molecule has 1 aromatic carbocycles. The number of anilines is 1. The number of piperidine rings is 1. The van der Waals surface area contributed by atoms with E-state index >= 15 is 0 Å². The van der Waals surface area contributed by atoms with Crippen molar-refractivity contribution in [3.8, 4) is 12.3 Å². The fraction of sp³-hybridized carbons (Fsp3) is 0.600. The average Bonchev–Trinajstić information content (AvgIpc) is 2.48. The van der Waals surface area contributed by atoms with Crippen molar-refractivity contribution in [1.29, 1.82) is 0 Å². The number of likely N-dealkylation sites (tertiary alicyclic amines) is 1. The highest BCUT2D eigenvalue weighted by molar-refractivity contribution is 5.62. The smallest absolute Gasteiger partial charge is 0.0368 e. The van der Waals surface area contributed by atoms with Crippen molar-refractivity contribution < 1.29 is 0 Å². The Hall–Kier alpha value is -1.50. The van der Waals surface area contributed by atoms with Crippen LogP contribution in [-0.4, -0.2) is 38.6 Å². The van der Waals surface area contributed by atoms with Gasteiger partial charge in [0.15, 0.2) is 0 Å². The molecule has 0 aliphatic carbocycles. The summed E-state index contributed by atoms with van der Waals surface area (Å²) < 4.78 is 0. The molecule has 23 heavy (non-hydrogen) atoms. The van der Waals surface area contributed by atoms with Gasteiger partial charge >= 0.3 is 0 Å². The molecule has 1 aromatic rings. The van der Waals surface area contributed by atoms with Crippen molar-refractivity contribution in [2.24, 2.45) is 5.41 Å². The molecule has 0 aromatic heterocycles. The Morgan fingerprint density at radius 1 is 1.39 bits per heavy atom. The van der Waals surface area contributed by atoms with E-state index in [-0.39, 0.29) is 10.8 Å². The maximum Gasteiger partial charge on any atom is 0.0368 e. The second-order valence-corrected chi connectivity index (χ2v) is 7.73. The molecule has 1 heterocycles. The number of nitrogens with two attached hydrogens (primary N) is 1. The molecular formula is C20H31N3. The number of aryl methyl sites for hydroxylation is 1. The maximum atomic E-state index is 6.52. The number of nitrogen functional groups attached to an aromatic ring is 1. The zero-order valence-electron chi connectivity index (χ0n) is 15.3. The summed E-state index contributed by atoms with van der Waals surface area (Å²) in [7, 11) is 4.21. The SMILES string of the molecule is C#Cc1cc(C)cc(N)c1C1(CCNC)CN(C)CCC1(C)C. The summed E-state index contributed by atoms with van der Waals surface area (Å²) in [5.41, 5.74) is 10.7. The lowest BCUT2D eigenvalue weighted by Gasteiger charge is -2.54. The minimum atomic E-state index is -0.0392. The summed E-state index contributed by atoms with van der Waals surface area (Å²) >= 11 is 0. The molecule has 1 saturated heterocycles. The zero-order chi connectivity index (χ0) is 17.3. The number of benzene rings is 1. The quantitative estimate of drug-likeness (QED) is 0.663. The van der Waals surface area contributed by atoms with Crippen LogP contribution in [0.5, 0.6) is 0 Å². The first-order valence-electron chi connectivity index (χ1n) is 8.48. The molecule has 126 valence electrons.